The van der Waals surface area contributed by atoms with Gasteiger partial charge in [-0.25, -0.2) is 0 Å². The van der Waals surface area contributed by atoms with Crippen LogP contribution >= 0.6 is 0 Å². The molecule has 0 saturated carbocycles. The van der Waals surface area contributed by atoms with E-state index in [0.717, 1.165) is 16.7 Å². The molecular weight excluding hydrogens is 172 g/mol. The molecule has 0 aliphatic carbocycles. The average Bonchev–Trinajstić information content (AvgIpc) is 2.27. The predicted molar refractivity (Wildman–Crippen MR) is 60.0 cm³/mol. The summed E-state index contributed by atoms with van der Waals surface area (Å²) in [6, 6.07) is 10.0. The molecule has 0 fully saturated rings. The minimum absolute atomic E-state index is 0.228. The van der Waals surface area contributed by atoms with Gasteiger partial charge in [0, 0.05) is 6.42 Å². The van der Waals surface area contributed by atoms with E-state index in [1.54, 1.807) is 0 Å². The number of Topliss-reactive ketones (excluding diaryl/α,β-unsaturated/α-hetero) is 1. The summed E-state index contributed by atoms with van der Waals surface area (Å²) in [5.41, 5.74) is 3.09. The Bertz CT molecular complexity index is 347. The highest BCUT2D eigenvalue weighted by atomic mass is 16.1. The van der Waals surface area contributed by atoms with E-state index >= 15 is 0 Å². The van der Waals surface area contributed by atoms with E-state index in [2.05, 4.69) is 0 Å². The fraction of sp³-hybridized carbons (Fsp3) is 0.308. The standard InChI is InChI=1S/C13H16O/c1-4-13(14)11(3)10(2)12-8-6-5-7-9-12/h5-9H,4H2,1-3H3/b11-10+. The molecule has 0 amide bonds. The second kappa shape index (κ2) is 4.75. The van der Waals surface area contributed by atoms with Crippen LogP contribution in [-0.4, -0.2) is 5.78 Å². The maximum absolute atomic E-state index is 11.5. The second-order valence-corrected chi connectivity index (χ2v) is 3.39. The molecule has 0 aliphatic rings. The van der Waals surface area contributed by atoms with Crippen LogP contribution in [0.5, 0.6) is 0 Å². The molecule has 1 nitrogen and oxygen atoms in total. The van der Waals surface area contributed by atoms with Crippen LogP contribution in [0.15, 0.2) is 35.9 Å². The van der Waals surface area contributed by atoms with Crippen LogP contribution in [0.25, 0.3) is 5.57 Å². The molecule has 0 heterocycles. The molecule has 0 bridgehead atoms. The van der Waals surface area contributed by atoms with Crippen LogP contribution < -0.4 is 0 Å². The Balaban J connectivity index is 3.05. The third-order valence-electron chi connectivity index (χ3n) is 2.51. The van der Waals surface area contributed by atoms with Gasteiger partial charge in [0.2, 0.25) is 0 Å². The Morgan fingerprint density at radius 2 is 1.71 bits per heavy atom. The first-order valence-electron chi connectivity index (χ1n) is 4.93. The van der Waals surface area contributed by atoms with Gasteiger partial charge in [-0.1, -0.05) is 37.3 Å². The third kappa shape index (κ3) is 2.32. The summed E-state index contributed by atoms with van der Waals surface area (Å²) in [7, 11) is 0. The molecule has 0 aromatic heterocycles. The van der Waals surface area contributed by atoms with Crippen molar-refractivity contribution in [1.29, 1.82) is 0 Å². The van der Waals surface area contributed by atoms with E-state index in [0.29, 0.717) is 6.42 Å². The van der Waals surface area contributed by atoms with E-state index < -0.39 is 0 Å². The highest BCUT2D eigenvalue weighted by Crippen LogP contribution is 2.18. The molecular formula is C13H16O. The summed E-state index contributed by atoms with van der Waals surface area (Å²) < 4.78 is 0. The lowest BCUT2D eigenvalue weighted by molar-refractivity contribution is -0.115. The lowest BCUT2D eigenvalue weighted by Gasteiger charge is -2.05. The smallest absolute Gasteiger partial charge is 0.158 e. The van der Waals surface area contributed by atoms with Crippen molar-refractivity contribution in [3.8, 4) is 0 Å². The summed E-state index contributed by atoms with van der Waals surface area (Å²) in [4.78, 5) is 11.5. The molecule has 0 radical (unpaired) electrons. The monoisotopic (exact) mass is 188 g/mol. The van der Waals surface area contributed by atoms with Crippen molar-refractivity contribution in [1.82, 2.24) is 0 Å². The minimum atomic E-state index is 0.228. The molecule has 1 aromatic carbocycles. The first-order chi connectivity index (χ1) is 6.66. The molecule has 14 heavy (non-hydrogen) atoms. The first kappa shape index (κ1) is 10.7. The van der Waals surface area contributed by atoms with Crippen molar-refractivity contribution >= 4 is 11.4 Å². The van der Waals surface area contributed by atoms with E-state index in [1.807, 2.05) is 51.1 Å². The van der Waals surface area contributed by atoms with Gasteiger partial charge in [-0.2, -0.15) is 0 Å². The van der Waals surface area contributed by atoms with Gasteiger partial charge in [-0.15, -0.1) is 0 Å². The zero-order valence-corrected chi connectivity index (χ0v) is 9.00. The van der Waals surface area contributed by atoms with Crippen molar-refractivity contribution in [3.05, 3.63) is 41.5 Å². The second-order valence-electron chi connectivity index (χ2n) is 3.39. The van der Waals surface area contributed by atoms with Crippen molar-refractivity contribution in [2.24, 2.45) is 0 Å². The normalized spacial score (nSPS) is 12.2. The lowest BCUT2D eigenvalue weighted by Crippen LogP contribution is -1.99. The number of carbonyl (C=O) groups is 1. The summed E-state index contributed by atoms with van der Waals surface area (Å²) in [6.07, 6.45) is 0.579. The maximum Gasteiger partial charge on any atom is 0.158 e. The molecule has 1 rings (SSSR count). The number of allylic oxidation sites excluding steroid dienone is 2. The quantitative estimate of drug-likeness (QED) is 0.664. The van der Waals surface area contributed by atoms with Gasteiger partial charge in [0.05, 0.1) is 0 Å². The van der Waals surface area contributed by atoms with Crippen LogP contribution in [-0.2, 0) is 4.79 Å². The van der Waals surface area contributed by atoms with Gasteiger partial charge in [0.1, 0.15) is 0 Å². The van der Waals surface area contributed by atoms with E-state index in [-0.39, 0.29) is 5.78 Å². The van der Waals surface area contributed by atoms with Crippen molar-refractivity contribution in [3.63, 3.8) is 0 Å². The zero-order valence-electron chi connectivity index (χ0n) is 9.00. The van der Waals surface area contributed by atoms with Gasteiger partial charge in [-0.05, 0) is 30.6 Å². The third-order valence-corrected chi connectivity index (χ3v) is 2.51. The number of carbonyl (C=O) groups excluding carboxylic acids is 1. The molecule has 0 spiro atoms. The Morgan fingerprint density at radius 1 is 1.14 bits per heavy atom. The fourth-order valence-electron chi connectivity index (χ4n) is 1.38. The van der Waals surface area contributed by atoms with Crippen LogP contribution in [0.2, 0.25) is 0 Å². The minimum Gasteiger partial charge on any atom is -0.295 e. The average molecular weight is 188 g/mol. The molecule has 0 unspecified atom stereocenters. The Kier molecular flexibility index (Phi) is 3.63. The summed E-state index contributed by atoms with van der Waals surface area (Å²) >= 11 is 0. The summed E-state index contributed by atoms with van der Waals surface area (Å²) in [6.45, 7) is 5.79. The molecule has 0 aliphatic heterocycles. The Hall–Kier alpha value is -1.37. The SMILES string of the molecule is CCC(=O)/C(C)=C(\C)c1ccccc1. The van der Waals surface area contributed by atoms with Gasteiger partial charge < -0.3 is 0 Å². The molecule has 0 saturated heterocycles. The lowest BCUT2D eigenvalue weighted by atomic mass is 9.99. The van der Waals surface area contributed by atoms with Crippen LogP contribution in [0.3, 0.4) is 0 Å². The molecule has 0 atom stereocenters. The first-order valence-corrected chi connectivity index (χ1v) is 4.93. The topological polar surface area (TPSA) is 17.1 Å². The van der Waals surface area contributed by atoms with Crippen LogP contribution in [0.1, 0.15) is 32.8 Å². The van der Waals surface area contributed by atoms with Gasteiger partial charge in [0.15, 0.2) is 5.78 Å². The van der Waals surface area contributed by atoms with Crippen molar-refractivity contribution in [2.45, 2.75) is 27.2 Å². The number of benzene rings is 1. The van der Waals surface area contributed by atoms with Gasteiger partial charge >= 0.3 is 0 Å². The Labute approximate surface area is 85.5 Å². The Morgan fingerprint density at radius 3 is 2.21 bits per heavy atom. The predicted octanol–water partition coefficient (Wildman–Crippen LogP) is 3.46. The van der Waals surface area contributed by atoms with E-state index in [9.17, 15) is 4.79 Å². The maximum atomic E-state index is 11.5. The highest BCUT2D eigenvalue weighted by molar-refractivity contribution is 6.01. The zero-order chi connectivity index (χ0) is 10.6. The molecule has 0 N–H and O–H groups in total. The molecule has 1 heteroatoms. The van der Waals surface area contributed by atoms with E-state index in [4.69, 9.17) is 0 Å². The van der Waals surface area contributed by atoms with Gasteiger partial charge in [-0.3, -0.25) is 4.79 Å². The van der Waals surface area contributed by atoms with Crippen LogP contribution in [0.4, 0.5) is 0 Å². The van der Waals surface area contributed by atoms with E-state index in [1.165, 1.54) is 0 Å². The number of hydrogen-bond acceptors (Lipinski definition) is 1. The number of hydrogen-bond donors (Lipinski definition) is 0. The van der Waals surface area contributed by atoms with Crippen molar-refractivity contribution < 1.29 is 4.79 Å². The number of rotatable bonds is 3. The molecule has 1 aromatic rings. The fourth-order valence-corrected chi connectivity index (χ4v) is 1.38. The number of ketones is 1. The van der Waals surface area contributed by atoms with Crippen LogP contribution in [0, 0.1) is 0 Å². The summed E-state index contributed by atoms with van der Waals surface area (Å²) in [5, 5.41) is 0. The largest absolute Gasteiger partial charge is 0.295 e. The van der Waals surface area contributed by atoms with Gasteiger partial charge in [0.25, 0.3) is 0 Å². The highest BCUT2D eigenvalue weighted by Gasteiger charge is 2.06. The molecule has 74 valence electrons. The summed E-state index contributed by atoms with van der Waals surface area (Å²) in [5.74, 6) is 0.228. The van der Waals surface area contributed by atoms with Crippen molar-refractivity contribution in [2.75, 3.05) is 0 Å².